The Hall–Kier alpha value is -1.12. The highest BCUT2D eigenvalue weighted by atomic mass is 15.0. The van der Waals surface area contributed by atoms with Crippen LogP contribution in [0.4, 0.5) is 5.82 Å². The van der Waals surface area contributed by atoms with Crippen molar-refractivity contribution in [3.63, 3.8) is 0 Å². The van der Waals surface area contributed by atoms with E-state index in [1.54, 1.807) is 6.33 Å². The molecule has 0 saturated heterocycles. The number of nitrogens with zero attached hydrogens (tertiary/aromatic N) is 2. The number of aryl methyl sites for hydroxylation is 1. The minimum atomic E-state index is 0.471. The molecule has 0 spiro atoms. The Bertz CT molecular complexity index is 329. The van der Waals surface area contributed by atoms with Gasteiger partial charge in [-0.05, 0) is 25.2 Å². The second kappa shape index (κ2) is 4.17. The van der Waals surface area contributed by atoms with Crippen molar-refractivity contribution in [3.05, 3.63) is 18.1 Å². The molecule has 1 aliphatic carbocycles. The third kappa shape index (κ3) is 2.67. The molecule has 1 aliphatic rings. The van der Waals surface area contributed by atoms with E-state index < -0.39 is 0 Å². The van der Waals surface area contributed by atoms with Crippen LogP contribution in [0.15, 0.2) is 12.4 Å². The van der Waals surface area contributed by atoms with Crippen LogP contribution in [0.5, 0.6) is 0 Å². The Kier molecular flexibility index (Phi) is 2.89. The number of anilines is 1. The number of aromatic nitrogens is 2. The molecular formula is C12H19N3. The van der Waals surface area contributed by atoms with Crippen LogP contribution >= 0.6 is 0 Å². The first-order valence-electron chi connectivity index (χ1n) is 5.71. The fraction of sp³-hybridized carbons (Fsp3) is 0.667. The van der Waals surface area contributed by atoms with Crippen LogP contribution in [0.2, 0.25) is 0 Å². The standard InChI is InChI=1S/C12H19N3/c1-10-7-11(15-9-14-10)13-8-12(2)5-3-4-6-12/h7,9H,3-6,8H2,1-2H3,(H,13,14,15). The van der Waals surface area contributed by atoms with Crippen LogP contribution in [0.25, 0.3) is 0 Å². The molecule has 1 fully saturated rings. The maximum Gasteiger partial charge on any atom is 0.129 e. The third-order valence-corrected chi connectivity index (χ3v) is 3.31. The maximum atomic E-state index is 4.21. The Morgan fingerprint density at radius 2 is 2.07 bits per heavy atom. The lowest BCUT2D eigenvalue weighted by Gasteiger charge is -2.23. The van der Waals surface area contributed by atoms with Crippen molar-refractivity contribution in [2.75, 3.05) is 11.9 Å². The number of rotatable bonds is 3. The maximum absolute atomic E-state index is 4.21. The van der Waals surface area contributed by atoms with Gasteiger partial charge in [-0.25, -0.2) is 9.97 Å². The van der Waals surface area contributed by atoms with Crippen LogP contribution in [0.1, 0.15) is 38.3 Å². The molecule has 82 valence electrons. The van der Waals surface area contributed by atoms with E-state index in [0.29, 0.717) is 5.41 Å². The highest BCUT2D eigenvalue weighted by molar-refractivity contribution is 5.34. The summed E-state index contributed by atoms with van der Waals surface area (Å²) in [5.74, 6) is 0.954. The fourth-order valence-electron chi connectivity index (χ4n) is 2.26. The van der Waals surface area contributed by atoms with Crippen molar-refractivity contribution in [2.45, 2.75) is 39.5 Å². The van der Waals surface area contributed by atoms with Crippen LogP contribution < -0.4 is 5.32 Å². The molecule has 0 atom stereocenters. The first-order valence-corrected chi connectivity index (χ1v) is 5.71. The lowest BCUT2D eigenvalue weighted by atomic mass is 9.89. The number of hydrogen-bond acceptors (Lipinski definition) is 3. The van der Waals surface area contributed by atoms with E-state index in [-0.39, 0.29) is 0 Å². The van der Waals surface area contributed by atoms with Crippen LogP contribution in [-0.2, 0) is 0 Å². The predicted molar refractivity (Wildman–Crippen MR) is 61.8 cm³/mol. The molecule has 1 aromatic rings. The topological polar surface area (TPSA) is 37.8 Å². The second-order valence-corrected chi connectivity index (χ2v) is 4.92. The highest BCUT2D eigenvalue weighted by Crippen LogP contribution is 2.37. The quantitative estimate of drug-likeness (QED) is 0.824. The fourth-order valence-corrected chi connectivity index (χ4v) is 2.26. The molecule has 0 amide bonds. The molecule has 1 heterocycles. The summed E-state index contributed by atoms with van der Waals surface area (Å²) in [4.78, 5) is 8.30. The molecule has 0 unspecified atom stereocenters. The average molecular weight is 205 g/mol. The van der Waals surface area contributed by atoms with Crippen molar-refractivity contribution in [2.24, 2.45) is 5.41 Å². The van der Waals surface area contributed by atoms with Crippen molar-refractivity contribution >= 4 is 5.82 Å². The van der Waals surface area contributed by atoms with Gasteiger partial charge in [0.05, 0.1) is 0 Å². The molecule has 0 bridgehead atoms. The van der Waals surface area contributed by atoms with E-state index in [1.807, 2.05) is 13.0 Å². The Labute approximate surface area is 91.3 Å². The van der Waals surface area contributed by atoms with Gasteiger partial charge in [0, 0.05) is 18.3 Å². The first kappa shape index (κ1) is 10.4. The molecule has 1 saturated carbocycles. The molecule has 1 aromatic heterocycles. The Balaban J connectivity index is 1.92. The van der Waals surface area contributed by atoms with Gasteiger partial charge in [-0.15, -0.1) is 0 Å². The summed E-state index contributed by atoms with van der Waals surface area (Å²) in [7, 11) is 0. The average Bonchev–Trinajstić information content (AvgIpc) is 2.63. The Morgan fingerprint density at radius 1 is 1.33 bits per heavy atom. The van der Waals surface area contributed by atoms with E-state index in [2.05, 4.69) is 22.2 Å². The molecular weight excluding hydrogens is 186 g/mol. The van der Waals surface area contributed by atoms with Gasteiger partial charge in [0.15, 0.2) is 0 Å². The zero-order valence-electron chi connectivity index (χ0n) is 9.58. The van der Waals surface area contributed by atoms with Crippen molar-refractivity contribution in [1.82, 2.24) is 9.97 Å². The SMILES string of the molecule is Cc1cc(NCC2(C)CCCC2)ncn1. The van der Waals surface area contributed by atoms with E-state index >= 15 is 0 Å². The van der Waals surface area contributed by atoms with E-state index in [9.17, 15) is 0 Å². The van der Waals surface area contributed by atoms with Gasteiger partial charge in [0.25, 0.3) is 0 Å². The monoisotopic (exact) mass is 205 g/mol. The number of nitrogens with one attached hydrogen (secondary N) is 1. The lowest BCUT2D eigenvalue weighted by molar-refractivity contribution is 0.361. The van der Waals surface area contributed by atoms with Gasteiger partial charge < -0.3 is 5.32 Å². The van der Waals surface area contributed by atoms with Gasteiger partial charge in [-0.3, -0.25) is 0 Å². The lowest BCUT2D eigenvalue weighted by Crippen LogP contribution is -2.23. The predicted octanol–water partition coefficient (Wildman–Crippen LogP) is 2.78. The summed E-state index contributed by atoms with van der Waals surface area (Å²) in [6.07, 6.45) is 7.05. The minimum Gasteiger partial charge on any atom is -0.369 e. The van der Waals surface area contributed by atoms with Gasteiger partial charge >= 0.3 is 0 Å². The van der Waals surface area contributed by atoms with Crippen molar-refractivity contribution in [3.8, 4) is 0 Å². The summed E-state index contributed by atoms with van der Waals surface area (Å²) < 4.78 is 0. The van der Waals surface area contributed by atoms with Gasteiger partial charge in [-0.2, -0.15) is 0 Å². The Morgan fingerprint density at radius 3 is 2.73 bits per heavy atom. The molecule has 0 aromatic carbocycles. The third-order valence-electron chi connectivity index (χ3n) is 3.31. The smallest absolute Gasteiger partial charge is 0.129 e. The van der Waals surface area contributed by atoms with E-state index in [1.165, 1.54) is 25.7 Å². The molecule has 0 aliphatic heterocycles. The first-order chi connectivity index (χ1) is 7.18. The van der Waals surface area contributed by atoms with Gasteiger partial charge in [-0.1, -0.05) is 19.8 Å². The summed E-state index contributed by atoms with van der Waals surface area (Å²) in [6.45, 7) is 5.38. The van der Waals surface area contributed by atoms with E-state index in [4.69, 9.17) is 0 Å². The normalized spacial score (nSPS) is 19.1. The molecule has 3 heteroatoms. The summed E-state index contributed by atoms with van der Waals surface area (Å²) in [5.41, 5.74) is 1.49. The second-order valence-electron chi connectivity index (χ2n) is 4.92. The zero-order chi connectivity index (χ0) is 10.7. The minimum absolute atomic E-state index is 0.471. The summed E-state index contributed by atoms with van der Waals surface area (Å²) >= 11 is 0. The molecule has 2 rings (SSSR count). The molecule has 0 radical (unpaired) electrons. The van der Waals surface area contributed by atoms with E-state index in [0.717, 1.165) is 18.1 Å². The zero-order valence-corrected chi connectivity index (χ0v) is 9.58. The number of hydrogen-bond donors (Lipinski definition) is 1. The molecule has 1 N–H and O–H groups in total. The summed E-state index contributed by atoms with van der Waals surface area (Å²) in [6, 6.07) is 2.00. The largest absolute Gasteiger partial charge is 0.369 e. The van der Waals surface area contributed by atoms with Crippen molar-refractivity contribution < 1.29 is 0 Å². The van der Waals surface area contributed by atoms with Crippen LogP contribution in [-0.4, -0.2) is 16.5 Å². The van der Waals surface area contributed by atoms with Crippen molar-refractivity contribution in [1.29, 1.82) is 0 Å². The molecule has 3 nitrogen and oxygen atoms in total. The van der Waals surface area contributed by atoms with Gasteiger partial charge in [0.1, 0.15) is 12.1 Å². The van der Waals surface area contributed by atoms with Gasteiger partial charge in [0.2, 0.25) is 0 Å². The summed E-state index contributed by atoms with van der Waals surface area (Å²) in [5, 5.41) is 3.42. The van der Waals surface area contributed by atoms with Crippen LogP contribution in [0, 0.1) is 12.3 Å². The van der Waals surface area contributed by atoms with Crippen LogP contribution in [0.3, 0.4) is 0 Å². The molecule has 15 heavy (non-hydrogen) atoms. The highest BCUT2D eigenvalue weighted by Gasteiger charge is 2.28.